The van der Waals surface area contributed by atoms with E-state index in [0.717, 1.165) is 25.9 Å². The monoisotopic (exact) mass is 176 g/mol. The number of hydrogen-bond donors (Lipinski definition) is 0. The fourth-order valence-electron chi connectivity index (χ4n) is 1.74. The average Bonchev–Trinajstić information content (AvgIpc) is 2.39. The summed E-state index contributed by atoms with van der Waals surface area (Å²) in [5.74, 6) is 0. The summed E-state index contributed by atoms with van der Waals surface area (Å²) in [6.07, 6.45) is 1.86. The highest BCUT2D eigenvalue weighted by molar-refractivity contribution is 5.28. The Bertz CT molecular complexity index is 285. The minimum absolute atomic E-state index is 0.751. The number of nitrogens with zero attached hydrogens (tertiary/aromatic N) is 2. The van der Waals surface area contributed by atoms with Crippen LogP contribution in [0.1, 0.15) is 11.1 Å². The number of rotatable bonds is 1. The van der Waals surface area contributed by atoms with Crippen molar-refractivity contribution in [2.75, 3.05) is 13.1 Å². The van der Waals surface area contributed by atoms with Crippen LogP contribution in [0.15, 0.2) is 29.6 Å². The van der Waals surface area contributed by atoms with E-state index in [4.69, 9.17) is 0 Å². The van der Waals surface area contributed by atoms with Gasteiger partial charge in [-0.05, 0) is 24.0 Å². The molecule has 0 saturated heterocycles. The largest absolute Gasteiger partial charge is 0.260 e. The van der Waals surface area contributed by atoms with Gasteiger partial charge in [-0.1, -0.05) is 24.3 Å². The molecule has 0 bridgehead atoms. The summed E-state index contributed by atoms with van der Waals surface area (Å²) in [6.45, 7) is 1.50. The summed E-state index contributed by atoms with van der Waals surface area (Å²) in [7, 11) is 0. The standard InChI is InChI=1S/C10H12N2O/c13-11-12-7-5-9-3-1-2-4-10(9)6-8-12/h1-4H,5-8H2. The van der Waals surface area contributed by atoms with Gasteiger partial charge in [-0.2, -0.15) is 0 Å². The van der Waals surface area contributed by atoms with Crippen LogP contribution in [0.25, 0.3) is 0 Å². The molecule has 0 amide bonds. The summed E-state index contributed by atoms with van der Waals surface area (Å²) in [5.41, 5.74) is 2.71. The second-order valence-electron chi connectivity index (χ2n) is 3.30. The van der Waals surface area contributed by atoms with E-state index in [2.05, 4.69) is 17.4 Å². The van der Waals surface area contributed by atoms with Gasteiger partial charge in [0.2, 0.25) is 0 Å². The third-order valence-corrected chi connectivity index (χ3v) is 2.51. The second-order valence-corrected chi connectivity index (χ2v) is 3.30. The molecule has 3 heteroatoms. The van der Waals surface area contributed by atoms with Crippen molar-refractivity contribution in [1.29, 1.82) is 0 Å². The lowest BCUT2D eigenvalue weighted by molar-refractivity contribution is 0.299. The van der Waals surface area contributed by atoms with E-state index in [-0.39, 0.29) is 0 Å². The Morgan fingerprint density at radius 1 is 1.08 bits per heavy atom. The number of fused-ring (bicyclic) bond motifs is 1. The fourth-order valence-corrected chi connectivity index (χ4v) is 1.74. The van der Waals surface area contributed by atoms with E-state index in [9.17, 15) is 4.91 Å². The van der Waals surface area contributed by atoms with Crippen molar-refractivity contribution in [3.63, 3.8) is 0 Å². The molecule has 1 heterocycles. The van der Waals surface area contributed by atoms with Crippen LogP contribution in [-0.2, 0) is 12.8 Å². The maximum atomic E-state index is 10.3. The van der Waals surface area contributed by atoms with Crippen LogP contribution in [0, 0.1) is 4.91 Å². The van der Waals surface area contributed by atoms with Gasteiger partial charge in [0.25, 0.3) is 0 Å². The molecule has 13 heavy (non-hydrogen) atoms. The highest BCUT2D eigenvalue weighted by Crippen LogP contribution is 2.15. The third kappa shape index (κ3) is 1.69. The topological polar surface area (TPSA) is 32.7 Å². The lowest BCUT2D eigenvalue weighted by Crippen LogP contribution is -2.19. The highest BCUT2D eigenvalue weighted by atomic mass is 16.3. The molecule has 1 aliphatic heterocycles. The average molecular weight is 176 g/mol. The van der Waals surface area contributed by atoms with Gasteiger partial charge in [-0.25, -0.2) is 0 Å². The highest BCUT2D eigenvalue weighted by Gasteiger charge is 2.11. The molecule has 0 unspecified atom stereocenters. The van der Waals surface area contributed by atoms with E-state index in [1.165, 1.54) is 11.1 Å². The number of nitroso groups, excluding NO2 is 1. The lowest BCUT2D eigenvalue weighted by Gasteiger charge is -2.09. The molecule has 0 aliphatic carbocycles. The molecule has 0 fully saturated rings. The van der Waals surface area contributed by atoms with Crippen molar-refractivity contribution in [2.24, 2.45) is 5.29 Å². The number of benzene rings is 1. The maximum absolute atomic E-state index is 10.3. The molecule has 0 atom stereocenters. The van der Waals surface area contributed by atoms with Gasteiger partial charge in [-0.3, -0.25) is 5.01 Å². The zero-order valence-corrected chi connectivity index (χ0v) is 7.44. The van der Waals surface area contributed by atoms with Crippen LogP contribution < -0.4 is 0 Å². The van der Waals surface area contributed by atoms with Crippen LogP contribution in [0.3, 0.4) is 0 Å². The van der Waals surface area contributed by atoms with Gasteiger partial charge in [0, 0.05) is 13.1 Å². The molecule has 1 aromatic carbocycles. The van der Waals surface area contributed by atoms with Crippen LogP contribution >= 0.6 is 0 Å². The first-order valence-electron chi connectivity index (χ1n) is 4.55. The van der Waals surface area contributed by atoms with E-state index in [0.29, 0.717) is 0 Å². The first-order valence-corrected chi connectivity index (χ1v) is 4.55. The molecule has 1 aromatic rings. The Morgan fingerprint density at radius 2 is 1.62 bits per heavy atom. The Hall–Kier alpha value is -1.38. The summed E-state index contributed by atoms with van der Waals surface area (Å²) in [5, 5.41) is 4.57. The summed E-state index contributed by atoms with van der Waals surface area (Å²) < 4.78 is 0. The summed E-state index contributed by atoms with van der Waals surface area (Å²) in [4.78, 5) is 10.3. The van der Waals surface area contributed by atoms with Crippen molar-refractivity contribution < 1.29 is 0 Å². The molecular weight excluding hydrogens is 164 g/mol. The van der Waals surface area contributed by atoms with Gasteiger partial charge in [0.1, 0.15) is 0 Å². The molecule has 0 aromatic heterocycles. The molecule has 3 nitrogen and oxygen atoms in total. The molecule has 0 radical (unpaired) electrons. The Balaban J connectivity index is 2.21. The van der Waals surface area contributed by atoms with Crippen molar-refractivity contribution in [3.05, 3.63) is 40.3 Å². The van der Waals surface area contributed by atoms with Crippen LogP contribution in [0.2, 0.25) is 0 Å². The quantitative estimate of drug-likeness (QED) is 0.611. The zero-order valence-electron chi connectivity index (χ0n) is 7.44. The van der Waals surface area contributed by atoms with Crippen LogP contribution in [0.5, 0.6) is 0 Å². The molecular formula is C10H12N2O. The summed E-state index contributed by atoms with van der Waals surface area (Å²) in [6, 6.07) is 8.35. The van der Waals surface area contributed by atoms with E-state index in [1.54, 1.807) is 5.01 Å². The maximum Gasteiger partial charge on any atom is 0.0524 e. The van der Waals surface area contributed by atoms with E-state index in [1.807, 2.05) is 12.1 Å². The molecule has 0 saturated carbocycles. The minimum Gasteiger partial charge on any atom is -0.260 e. The van der Waals surface area contributed by atoms with Gasteiger partial charge in [-0.15, -0.1) is 4.91 Å². The first kappa shape index (κ1) is 8.23. The van der Waals surface area contributed by atoms with Gasteiger partial charge < -0.3 is 0 Å². The number of hydrogen-bond acceptors (Lipinski definition) is 2. The molecule has 1 aliphatic rings. The smallest absolute Gasteiger partial charge is 0.0524 e. The molecule has 0 N–H and O–H groups in total. The third-order valence-electron chi connectivity index (χ3n) is 2.51. The molecule has 68 valence electrons. The SMILES string of the molecule is O=NN1CCc2ccccc2CC1. The lowest BCUT2D eigenvalue weighted by atomic mass is 10.0. The first-order chi connectivity index (χ1) is 6.40. The van der Waals surface area contributed by atoms with E-state index >= 15 is 0 Å². The van der Waals surface area contributed by atoms with Crippen molar-refractivity contribution in [3.8, 4) is 0 Å². The van der Waals surface area contributed by atoms with Crippen molar-refractivity contribution in [2.45, 2.75) is 12.8 Å². The normalized spacial score (nSPS) is 16.2. The fraction of sp³-hybridized carbons (Fsp3) is 0.400. The van der Waals surface area contributed by atoms with Crippen LogP contribution in [-0.4, -0.2) is 18.1 Å². The predicted molar refractivity (Wildman–Crippen MR) is 51.2 cm³/mol. The molecule has 0 spiro atoms. The van der Waals surface area contributed by atoms with Gasteiger partial charge >= 0.3 is 0 Å². The van der Waals surface area contributed by atoms with Crippen LogP contribution in [0.4, 0.5) is 0 Å². The van der Waals surface area contributed by atoms with Crippen molar-refractivity contribution >= 4 is 0 Å². The molecule has 2 rings (SSSR count). The minimum atomic E-state index is 0.751. The zero-order chi connectivity index (χ0) is 9.10. The Morgan fingerprint density at radius 3 is 2.08 bits per heavy atom. The Kier molecular flexibility index (Phi) is 2.25. The summed E-state index contributed by atoms with van der Waals surface area (Å²) >= 11 is 0. The van der Waals surface area contributed by atoms with Crippen molar-refractivity contribution in [1.82, 2.24) is 5.01 Å². The van der Waals surface area contributed by atoms with E-state index < -0.39 is 0 Å². The Labute approximate surface area is 77.3 Å². The predicted octanol–water partition coefficient (Wildman–Crippen LogP) is 1.77. The van der Waals surface area contributed by atoms with Gasteiger partial charge in [0.15, 0.2) is 0 Å². The second kappa shape index (κ2) is 3.56. The van der Waals surface area contributed by atoms with Gasteiger partial charge in [0.05, 0.1) is 5.29 Å².